The fourth-order valence-electron chi connectivity index (χ4n) is 5.36. The van der Waals surface area contributed by atoms with E-state index in [1.807, 2.05) is 18.5 Å². The molecule has 2 aromatic rings. The Labute approximate surface area is 167 Å². The maximum absolute atomic E-state index is 13.7. The van der Waals surface area contributed by atoms with Gasteiger partial charge in [0.25, 0.3) is 5.91 Å². The predicted octanol–water partition coefficient (Wildman–Crippen LogP) is 3.18. The summed E-state index contributed by atoms with van der Waals surface area (Å²) < 4.78 is 2.15. The molecule has 1 aromatic heterocycles. The zero-order valence-corrected chi connectivity index (χ0v) is 16.8. The number of fused-ring (bicyclic) bond motifs is 1. The minimum Gasteiger partial charge on any atom is -0.334 e. The highest BCUT2D eigenvalue weighted by atomic mass is 16.2. The number of benzene rings is 1. The molecule has 1 saturated carbocycles. The average Bonchev–Trinajstić information content (AvgIpc) is 3.09. The van der Waals surface area contributed by atoms with Gasteiger partial charge in [-0.25, -0.2) is 4.98 Å². The maximum Gasteiger partial charge on any atom is 0.254 e. The quantitative estimate of drug-likeness (QED) is 0.869. The average molecular weight is 379 g/mol. The largest absolute Gasteiger partial charge is 0.334 e. The SMILES string of the molecule is CCn1ccnc1CN(C(=O)c1ccc2c(c1)CCC2)C1CC12CCNCC2. The van der Waals surface area contributed by atoms with Crippen LogP contribution in [-0.2, 0) is 25.9 Å². The lowest BCUT2D eigenvalue weighted by molar-refractivity contribution is 0.0685. The van der Waals surface area contributed by atoms with Gasteiger partial charge in [-0.05, 0) is 87.2 Å². The predicted molar refractivity (Wildman–Crippen MR) is 109 cm³/mol. The molecular weight excluding hydrogens is 348 g/mol. The van der Waals surface area contributed by atoms with E-state index in [-0.39, 0.29) is 5.91 Å². The molecule has 1 N–H and O–H groups in total. The van der Waals surface area contributed by atoms with Crippen molar-refractivity contribution in [1.82, 2.24) is 19.8 Å². The van der Waals surface area contributed by atoms with Crippen LogP contribution in [0.5, 0.6) is 0 Å². The second kappa shape index (κ2) is 7.03. The van der Waals surface area contributed by atoms with Gasteiger partial charge < -0.3 is 14.8 Å². The van der Waals surface area contributed by atoms with Crippen LogP contribution in [0.2, 0.25) is 0 Å². The van der Waals surface area contributed by atoms with E-state index in [4.69, 9.17) is 0 Å². The van der Waals surface area contributed by atoms with E-state index in [0.29, 0.717) is 18.0 Å². The van der Waals surface area contributed by atoms with Gasteiger partial charge >= 0.3 is 0 Å². The van der Waals surface area contributed by atoms with Crippen LogP contribution >= 0.6 is 0 Å². The van der Waals surface area contributed by atoms with E-state index in [1.54, 1.807) is 0 Å². The second-order valence-corrected chi connectivity index (χ2v) is 8.73. The summed E-state index contributed by atoms with van der Waals surface area (Å²) in [6.45, 7) is 5.76. The summed E-state index contributed by atoms with van der Waals surface area (Å²) in [5.74, 6) is 1.17. The summed E-state index contributed by atoms with van der Waals surface area (Å²) in [6.07, 6.45) is 10.8. The lowest BCUT2D eigenvalue weighted by atomic mass is 9.93. The van der Waals surface area contributed by atoms with Gasteiger partial charge in [-0.2, -0.15) is 0 Å². The molecule has 2 aliphatic carbocycles. The summed E-state index contributed by atoms with van der Waals surface area (Å²) in [7, 11) is 0. The number of nitrogens with one attached hydrogen (secondary N) is 1. The lowest BCUT2D eigenvalue weighted by Gasteiger charge is -2.30. The normalized spacial score (nSPS) is 22.2. The zero-order valence-electron chi connectivity index (χ0n) is 16.8. The molecule has 1 unspecified atom stereocenters. The van der Waals surface area contributed by atoms with E-state index >= 15 is 0 Å². The summed E-state index contributed by atoms with van der Waals surface area (Å²) >= 11 is 0. The Morgan fingerprint density at radius 3 is 2.93 bits per heavy atom. The van der Waals surface area contributed by atoms with Gasteiger partial charge in [0.05, 0.1) is 6.54 Å². The Kier molecular flexibility index (Phi) is 4.50. The van der Waals surface area contributed by atoms with Crippen molar-refractivity contribution in [1.29, 1.82) is 0 Å². The van der Waals surface area contributed by atoms with Crippen LogP contribution < -0.4 is 5.32 Å². The van der Waals surface area contributed by atoms with Gasteiger partial charge in [0.1, 0.15) is 5.82 Å². The first-order valence-electron chi connectivity index (χ1n) is 10.8. The highest BCUT2D eigenvalue weighted by Crippen LogP contribution is 2.56. The van der Waals surface area contributed by atoms with Crippen molar-refractivity contribution in [3.63, 3.8) is 0 Å². The van der Waals surface area contributed by atoms with Crippen molar-refractivity contribution in [2.75, 3.05) is 13.1 Å². The Morgan fingerprint density at radius 1 is 1.29 bits per heavy atom. The molecule has 5 nitrogen and oxygen atoms in total. The zero-order chi connectivity index (χ0) is 19.1. The first kappa shape index (κ1) is 17.9. The molecule has 1 amide bonds. The third kappa shape index (κ3) is 3.06. The first-order valence-corrected chi connectivity index (χ1v) is 10.8. The van der Waals surface area contributed by atoms with Crippen LogP contribution in [0.1, 0.15) is 59.9 Å². The van der Waals surface area contributed by atoms with Gasteiger partial charge in [-0.1, -0.05) is 6.07 Å². The maximum atomic E-state index is 13.7. The second-order valence-electron chi connectivity index (χ2n) is 8.73. The number of amides is 1. The number of hydrogen-bond donors (Lipinski definition) is 1. The number of hydrogen-bond acceptors (Lipinski definition) is 3. The number of nitrogens with zero attached hydrogens (tertiary/aromatic N) is 3. The highest BCUT2D eigenvalue weighted by molar-refractivity contribution is 5.95. The van der Waals surface area contributed by atoms with E-state index in [9.17, 15) is 4.79 Å². The number of piperidine rings is 1. The van der Waals surface area contributed by atoms with E-state index in [0.717, 1.165) is 50.3 Å². The molecule has 5 heteroatoms. The Morgan fingerprint density at radius 2 is 2.11 bits per heavy atom. The highest BCUT2D eigenvalue weighted by Gasteiger charge is 2.58. The molecule has 1 spiro atoms. The first-order chi connectivity index (χ1) is 13.7. The topological polar surface area (TPSA) is 50.2 Å². The van der Waals surface area contributed by atoms with Gasteiger partial charge in [0, 0.05) is 30.5 Å². The van der Waals surface area contributed by atoms with Crippen LogP contribution in [0.3, 0.4) is 0 Å². The molecular formula is C23H30N4O. The minimum absolute atomic E-state index is 0.181. The molecule has 5 rings (SSSR count). The Hall–Kier alpha value is -2.14. The number of imidazole rings is 1. The number of aryl methyl sites for hydroxylation is 3. The molecule has 3 aliphatic rings. The molecule has 0 radical (unpaired) electrons. The van der Waals surface area contributed by atoms with Crippen LogP contribution in [0.15, 0.2) is 30.6 Å². The summed E-state index contributed by atoms with van der Waals surface area (Å²) in [5, 5.41) is 3.47. The molecule has 1 saturated heterocycles. The van der Waals surface area contributed by atoms with Crippen molar-refractivity contribution >= 4 is 5.91 Å². The van der Waals surface area contributed by atoms with Crippen molar-refractivity contribution < 1.29 is 4.79 Å². The fourth-order valence-corrected chi connectivity index (χ4v) is 5.36. The molecule has 0 bridgehead atoms. The van der Waals surface area contributed by atoms with Gasteiger partial charge in [-0.15, -0.1) is 0 Å². The minimum atomic E-state index is 0.181. The molecule has 1 aliphatic heterocycles. The van der Waals surface area contributed by atoms with Crippen molar-refractivity contribution in [3.05, 3.63) is 53.1 Å². The van der Waals surface area contributed by atoms with E-state index in [2.05, 4.69) is 38.8 Å². The van der Waals surface area contributed by atoms with Crippen molar-refractivity contribution in [2.24, 2.45) is 5.41 Å². The summed E-state index contributed by atoms with van der Waals surface area (Å²) in [4.78, 5) is 20.3. The molecule has 28 heavy (non-hydrogen) atoms. The number of carbonyl (C=O) groups is 1. The number of carbonyl (C=O) groups excluding carboxylic acids is 1. The van der Waals surface area contributed by atoms with Crippen molar-refractivity contribution in [2.45, 2.75) is 64.6 Å². The lowest BCUT2D eigenvalue weighted by Crippen LogP contribution is -2.39. The Balaban J connectivity index is 1.44. The molecule has 2 fully saturated rings. The summed E-state index contributed by atoms with van der Waals surface area (Å²) in [6, 6.07) is 6.72. The van der Waals surface area contributed by atoms with E-state index in [1.165, 1.54) is 30.4 Å². The van der Waals surface area contributed by atoms with Crippen LogP contribution in [0.25, 0.3) is 0 Å². The monoisotopic (exact) mass is 378 g/mol. The molecule has 1 atom stereocenters. The number of rotatable bonds is 5. The van der Waals surface area contributed by atoms with Crippen LogP contribution in [0.4, 0.5) is 0 Å². The van der Waals surface area contributed by atoms with Crippen molar-refractivity contribution in [3.8, 4) is 0 Å². The molecule has 148 valence electrons. The Bertz CT molecular complexity index is 880. The number of aromatic nitrogens is 2. The fraction of sp³-hybridized carbons (Fsp3) is 0.565. The van der Waals surface area contributed by atoms with Gasteiger partial charge in [0.15, 0.2) is 0 Å². The third-order valence-electron chi connectivity index (χ3n) is 7.18. The molecule has 2 heterocycles. The van der Waals surface area contributed by atoms with Crippen LogP contribution in [0, 0.1) is 5.41 Å². The molecule has 1 aromatic carbocycles. The van der Waals surface area contributed by atoms with Gasteiger partial charge in [0.2, 0.25) is 0 Å². The van der Waals surface area contributed by atoms with E-state index < -0.39 is 0 Å². The third-order valence-corrected chi connectivity index (χ3v) is 7.18. The summed E-state index contributed by atoms with van der Waals surface area (Å²) in [5.41, 5.74) is 3.96. The van der Waals surface area contributed by atoms with Crippen LogP contribution in [-0.4, -0.2) is 39.5 Å². The standard InChI is InChI=1S/C23H30N4O/c1-2-26-13-12-25-21(26)16-27(20-15-23(20)8-10-24-11-9-23)22(28)19-7-6-17-4-3-5-18(17)14-19/h6-7,12-14,20,24H,2-5,8-11,15-16H2,1H3. The smallest absolute Gasteiger partial charge is 0.254 e. The van der Waals surface area contributed by atoms with Gasteiger partial charge in [-0.3, -0.25) is 4.79 Å².